The Bertz CT molecular complexity index is 589. The van der Waals surface area contributed by atoms with E-state index in [1.54, 1.807) is 22.5 Å². The van der Waals surface area contributed by atoms with Crippen LogP contribution in [-0.2, 0) is 10.0 Å². The molecule has 4 nitrogen and oxygen atoms in total. The predicted molar refractivity (Wildman–Crippen MR) is 75.2 cm³/mol. The van der Waals surface area contributed by atoms with Crippen LogP contribution in [0.4, 0.5) is 5.69 Å². The summed E-state index contributed by atoms with van der Waals surface area (Å²) in [7, 11) is -3.36. The van der Waals surface area contributed by atoms with Crippen LogP contribution in [-0.4, -0.2) is 25.3 Å². The summed E-state index contributed by atoms with van der Waals surface area (Å²) in [6.07, 6.45) is 4.33. The van der Waals surface area contributed by atoms with E-state index in [1.807, 2.05) is 6.92 Å². The van der Waals surface area contributed by atoms with Crippen LogP contribution in [0.1, 0.15) is 31.2 Å². The van der Waals surface area contributed by atoms with Crippen molar-refractivity contribution >= 4 is 15.7 Å². The first kappa shape index (κ1) is 12.9. The molecule has 0 spiro atoms. The third-order valence-electron chi connectivity index (χ3n) is 3.87. The molecule has 2 fully saturated rings. The van der Waals surface area contributed by atoms with E-state index in [-0.39, 0.29) is 6.04 Å². The molecule has 0 bridgehead atoms. The summed E-state index contributed by atoms with van der Waals surface area (Å²) in [5, 5.41) is 0. The van der Waals surface area contributed by atoms with Crippen molar-refractivity contribution in [2.24, 2.45) is 5.92 Å². The Hall–Kier alpha value is -1.07. The van der Waals surface area contributed by atoms with Gasteiger partial charge in [0.2, 0.25) is 10.0 Å². The number of nitrogens with two attached hydrogens (primary N) is 1. The molecular weight excluding hydrogens is 260 g/mol. The summed E-state index contributed by atoms with van der Waals surface area (Å²) in [6, 6.07) is 5.27. The summed E-state index contributed by atoms with van der Waals surface area (Å²) in [5.41, 5.74) is 7.05. The molecule has 0 radical (unpaired) electrons. The highest BCUT2D eigenvalue weighted by Gasteiger charge is 2.41. The van der Waals surface area contributed by atoms with Crippen molar-refractivity contribution < 1.29 is 8.42 Å². The number of rotatable bonds is 5. The molecule has 0 aliphatic heterocycles. The number of sulfonamides is 1. The topological polar surface area (TPSA) is 63.4 Å². The van der Waals surface area contributed by atoms with Crippen LogP contribution < -0.4 is 5.73 Å². The number of nitrogens with zero attached hydrogens (tertiary/aromatic N) is 1. The van der Waals surface area contributed by atoms with Crippen LogP contribution in [0.15, 0.2) is 23.1 Å². The number of hydrogen-bond donors (Lipinski definition) is 1. The SMILES string of the molecule is Cc1cc(N)ccc1S(=O)(=O)N(CC1CC1)C1CC1. The molecule has 19 heavy (non-hydrogen) atoms. The number of nitrogen functional groups attached to an aromatic ring is 1. The molecule has 0 heterocycles. The Morgan fingerprint density at radius 3 is 2.47 bits per heavy atom. The van der Waals surface area contributed by atoms with Crippen molar-refractivity contribution in [3.63, 3.8) is 0 Å². The van der Waals surface area contributed by atoms with E-state index >= 15 is 0 Å². The van der Waals surface area contributed by atoms with E-state index in [1.165, 1.54) is 12.8 Å². The normalized spacial score (nSPS) is 19.9. The average molecular weight is 280 g/mol. The maximum absolute atomic E-state index is 12.8. The Labute approximate surface area is 114 Å². The molecule has 0 saturated heterocycles. The zero-order valence-electron chi connectivity index (χ0n) is 11.2. The molecule has 2 N–H and O–H groups in total. The Morgan fingerprint density at radius 1 is 1.26 bits per heavy atom. The quantitative estimate of drug-likeness (QED) is 0.840. The summed E-state index contributed by atoms with van der Waals surface area (Å²) < 4.78 is 27.3. The summed E-state index contributed by atoms with van der Waals surface area (Å²) >= 11 is 0. The molecule has 5 heteroatoms. The molecule has 0 amide bonds. The number of hydrogen-bond acceptors (Lipinski definition) is 3. The van der Waals surface area contributed by atoms with Gasteiger partial charge in [-0.3, -0.25) is 0 Å². The lowest BCUT2D eigenvalue weighted by molar-refractivity contribution is 0.388. The molecule has 0 aromatic heterocycles. The summed E-state index contributed by atoms with van der Waals surface area (Å²) in [4.78, 5) is 0.411. The molecule has 104 valence electrons. The van der Waals surface area contributed by atoms with Gasteiger partial charge in [0.25, 0.3) is 0 Å². The van der Waals surface area contributed by atoms with Gasteiger partial charge in [0.1, 0.15) is 0 Å². The Balaban J connectivity index is 1.94. The van der Waals surface area contributed by atoms with Crippen LogP contribution in [0.5, 0.6) is 0 Å². The zero-order chi connectivity index (χ0) is 13.6. The molecule has 0 unspecified atom stereocenters. The van der Waals surface area contributed by atoms with E-state index in [4.69, 9.17) is 5.73 Å². The second kappa shape index (κ2) is 4.49. The first-order valence-electron chi connectivity index (χ1n) is 6.86. The lowest BCUT2D eigenvalue weighted by Gasteiger charge is -2.23. The maximum Gasteiger partial charge on any atom is 0.243 e. The van der Waals surface area contributed by atoms with Gasteiger partial charge in [-0.15, -0.1) is 0 Å². The first-order valence-corrected chi connectivity index (χ1v) is 8.30. The van der Waals surface area contributed by atoms with Crippen molar-refractivity contribution in [3.8, 4) is 0 Å². The third kappa shape index (κ3) is 2.62. The average Bonchev–Trinajstić information content (AvgIpc) is 3.19. The molecule has 2 aliphatic rings. The fourth-order valence-electron chi connectivity index (χ4n) is 2.45. The van der Waals surface area contributed by atoms with Gasteiger partial charge in [-0.05, 0) is 62.3 Å². The third-order valence-corrected chi connectivity index (χ3v) is 5.95. The van der Waals surface area contributed by atoms with Crippen molar-refractivity contribution in [2.75, 3.05) is 12.3 Å². The monoisotopic (exact) mass is 280 g/mol. The van der Waals surface area contributed by atoms with Crippen molar-refractivity contribution in [1.29, 1.82) is 0 Å². The lowest BCUT2D eigenvalue weighted by atomic mass is 10.2. The van der Waals surface area contributed by atoms with Gasteiger partial charge in [0, 0.05) is 18.3 Å². The summed E-state index contributed by atoms with van der Waals surface area (Å²) in [5.74, 6) is 0.574. The second-order valence-corrected chi connectivity index (χ2v) is 7.63. The van der Waals surface area contributed by atoms with Gasteiger partial charge < -0.3 is 5.73 Å². The van der Waals surface area contributed by atoms with Crippen LogP contribution in [0, 0.1) is 12.8 Å². The number of benzene rings is 1. The van der Waals surface area contributed by atoms with Crippen LogP contribution in [0.25, 0.3) is 0 Å². The highest BCUT2D eigenvalue weighted by molar-refractivity contribution is 7.89. The number of aryl methyl sites for hydroxylation is 1. The summed E-state index contributed by atoms with van der Waals surface area (Å²) in [6.45, 7) is 2.50. The largest absolute Gasteiger partial charge is 0.399 e. The Morgan fingerprint density at radius 2 is 1.95 bits per heavy atom. The van der Waals surface area contributed by atoms with E-state index in [9.17, 15) is 8.42 Å². The van der Waals surface area contributed by atoms with Gasteiger partial charge in [0.15, 0.2) is 0 Å². The van der Waals surface area contributed by atoms with Gasteiger partial charge >= 0.3 is 0 Å². The lowest BCUT2D eigenvalue weighted by Crippen LogP contribution is -2.35. The van der Waals surface area contributed by atoms with Crippen LogP contribution >= 0.6 is 0 Å². The van der Waals surface area contributed by atoms with Gasteiger partial charge in [0.05, 0.1) is 4.90 Å². The highest BCUT2D eigenvalue weighted by Crippen LogP contribution is 2.38. The number of anilines is 1. The van der Waals surface area contributed by atoms with Gasteiger partial charge in [-0.1, -0.05) is 0 Å². The molecule has 1 aromatic carbocycles. The van der Waals surface area contributed by atoms with Crippen molar-refractivity contribution in [3.05, 3.63) is 23.8 Å². The smallest absolute Gasteiger partial charge is 0.243 e. The van der Waals surface area contributed by atoms with Gasteiger partial charge in [-0.2, -0.15) is 4.31 Å². The highest BCUT2D eigenvalue weighted by atomic mass is 32.2. The molecule has 1 aromatic rings. The van der Waals surface area contributed by atoms with Crippen molar-refractivity contribution in [1.82, 2.24) is 4.31 Å². The fourth-order valence-corrected chi connectivity index (χ4v) is 4.42. The van der Waals surface area contributed by atoms with Crippen LogP contribution in [0.3, 0.4) is 0 Å². The van der Waals surface area contributed by atoms with Gasteiger partial charge in [-0.25, -0.2) is 8.42 Å². The minimum atomic E-state index is -3.36. The molecule has 0 atom stereocenters. The van der Waals surface area contributed by atoms with E-state index in [0.717, 1.165) is 18.4 Å². The molecule has 2 aliphatic carbocycles. The molecular formula is C14H20N2O2S. The fraction of sp³-hybridized carbons (Fsp3) is 0.571. The minimum absolute atomic E-state index is 0.225. The standard InChI is InChI=1S/C14H20N2O2S/c1-10-8-12(15)4-7-14(10)19(17,18)16(13-5-6-13)9-11-2-3-11/h4,7-8,11,13H,2-3,5-6,9,15H2,1H3. The molecule has 3 rings (SSSR count). The first-order chi connectivity index (χ1) is 8.98. The Kier molecular flexibility index (Phi) is 3.06. The van der Waals surface area contributed by atoms with Crippen LogP contribution in [0.2, 0.25) is 0 Å². The van der Waals surface area contributed by atoms with E-state index in [2.05, 4.69) is 0 Å². The van der Waals surface area contributed by atoms with E-state index < -0.39 is 10.0 Å². The van der Waals surface area contributed by atoms with Crippen molar-refractivity contribution in [2.45, 2.75) is 43.5 Å². The second-order valence-electron chi connectivity index (χ2n) is 5.77. The predicted octanol–water partition coefficient (Wildman–Crippen LogP) is 2.14. The zero-order valence-corrected chi connectivity index (χ0v) is 12.0. The maximum atomic E-state index is 12.8. The molecule has 2 saturated carbocycles. The van der Waals surface area contributed by atoms with E-state index in [0.29, 0.717) is 23.0 Å². The minimum Gasteiger partial charge on any atom is -0.399 e.